The molecule has 2 aromatic heterocycles. The van der Waals surface area contributed by atoms with Crippen LogP contribution in [-0.4, -0.2) is 41.4 Å². The molecular formula is C16H22N4O2S2. The van der Waals surface area contributed by atoms with Crippen LogP contribution in [-0.2, 0) is 23.1 Å². The van der Waals surface area contributed by atoms with Crippen molar-refractivity contribution in [3.8, 4) is 0 Å². The Morgan fingerprint density at radius 3 is 2.96 bits per heavy atom. The van der Waals surface area contributed by atoms with E-state index in [0.717, 1.165) is 38.9 Å². The molecule has 0 saturated heterocycles. The van der Waals surface area contributed by atoms with Crippen LogP contribution in [0.3, 0.4) is 0 Å². The van der Waals surface area contributed by atoms with Gasteiger partial charge in [-0.15, -0.1) is 11.3 Å². The summed E-state index contributed by atoms with van der Waals surface area (Å²) in [5.41, 5.74) is 1.20. The Bertz CT molecular complexity index is 781. The first kappa shape index (κ1) is 16.3. The Morgan fingerprint density at radius 2 is 2.21 bits per heavy atom. The third-order valence-corrected chi connectivity index (χ3v) is 7.47. The minimum absolute atomic E-state index is 0.153. The number of nitrogens with one attached hydrogen (secondary N) is 1. The van der Waals surface area contributed by atoms with Gasteiger partial charge in [-0.05, 0) is 36.8 Å². The number of rotatable bonds is 7. The number of aromatic nitrogens is 2. The van der Waals surface area contributed by atoms with Crippen molar-refractivity contribution in [3.05, 3.63) is 40.3 Å². The zero-order valence-electron chi connectivity index (χ0n) is 13.5. The highest BCUT2D eigenvalue weighted by molar-refractivity contribution is 7.90. The Balaban J connectivity index is 1.39. The summed E-state index contributed by atoms with van der Waals surface area (Å²) in [5, 5.41) is 6.40. The molecule has 0 radical (unpaired) electrons. The van der Waals surface area contributed by atoms with E-state index in [1.54, 1.807) is 11.3 Å². The summed E-state index contributed by atoms with van der Waals surface area (Å²) >= 11 is 1.78. The number of hydrogen-bond acceptors (Lipinski definition) is 5. The second-order valence-corrected chi connectivity index (χ2v) is 9.67. The SMILES string of the molecule is O=S(=O)(NCC[C@@H]1CN(Cc2cccs2)Cc2ccnn21)C1CC1. The molecule has 1 atom stereocenters. The van der Waals surface area contributed by atoms with Gasteiger partial charge in [0.05, 0.1) is 17.0 Å². The summed E-state index contributed by atoms with van der Waals surface area (Å²) in [6, 6.07) is 6.51. The molecule has 130 valence electrons. The van der Waals surface area contributed by atoms with Crippen LogP contribution in [0.25, 0.3) is 0 Å². The summed E-state index contributed by atoms with van der Waals surface area (Å²) in [6.07, 6.45) is 4.21. The normalized spacial score (nSPS) is 21.8. The van der Waals surface area contributed by atoms with Gasteiger partial charge >= 0.3 is 0 Å². The molecule has 2 aromatic rings. The van der Waals surface area contributed by atoms with E-state index in [1.807, 2.05) is 6.20 Å². The monoisotopic (exact) mass is 366 g/mol. The quantitative estimate of drug-likeness (QED) is 0.814. The van der Waals surface area contributed by atoms with E-state index in [1.165, 1.54) is 10.6 Å². The second-order valence-electron chi connectivity index (χ2n) is 6.60. The third-order valence-electron chi connectivity index (χ3n) is 4.66. The van der Waals surface area contributed by atoms with Gasteiger partial charge in [-0.2, -0.15) is 5.10 Å². The van der Waals surface area contributed by atoms with Gasteiger partial charge in [0.25, 0.3) is 0 Å². The number of nitrogens with zero attached hydrogens (tertiary/aromatic N) is 3. The van der Waals surface area contributed by atoms with Crippen molar-refractivity contribution < 1.29 is 8.42 Å². The maximum Gasteiger partial charge on any atom is 0.214 e. The highest BCUT2D eigenvalue weighted by Gasteiger charge is 2.35. The minimum atomic E-state index is -3.10. The van der Waals surface area contributed by atoms with Crippen LogP contribution in [0.15, 0.2) is 29.8 Å². The fourth-order valence-corrected chi connectivity index (χ4v) is 5.43. The minimum Gasteiger partial charge on any atom is -0.290 e. The fraction of sp³-hybridized carbons (Fsp3) is 0.562. The molecule has 6 nitrogen and oxygen atoms in total. The first-order valence-corrected chi connectivity index (χ1v) is 10.8. The van der Waals surface area contributed by atoms with Crippen molar-refractivity contribution in [2.75, 3.05) is 13.1 Å². The Morgan fingerprint density at radius 1 is 1.33 bits per heavy atom. The summed E-state index contributed by atoms with van der Waals surface area (Å²) in [7, 11) is -3.10. The van der Waals surface area contributed by atoms with E-state index in [0.29, 0.717) is 6.54 Å². The molecule has 1 aliphatic heterocycles. The smallest absolute Gasteiger partial charge is 0.214 e. The molecule has 1 aliphatic carbocycles. The van der Waals surface area contributed by atoms with Crippen LogP contribution in [0, 0.1) is 0 Å². The van der Waals surface area contributed by atoms with Gasteiger partial charge in [0, 0.05) is 37.3 Å². The molecule has 1 fully saturated rings. The molecule has 1 saturated carbocycles. The standard InChI is InChI=1S/C16H22N4O2S2/c21-24(22,16-3-4-16)18-8-6-14-11-19(12-15-2-1-9-23-15)10-13-5-7-17-20(13)14/h1-2,5,7,9,14,16,18H,3-4,6,8,10-12H2/t14-/m1/s1. The summed E-state index contributed by atoms with van der Waals surface area (Å²) in [5.74, 6) is 0. The van der Waals surface area contributed by atoms with Crippen molar-refractivity contribution in [1.82, 2.24) is 19.4 Å². The molecule has 1 N–H and O–H groups in total. The summed E-state index contributed by atoms with van der Waals surface area (Å²) < 4.78 is 28.8. The van der Waals surface area contributed by atoms with E-state index >= 15 is 0 Å². The second kappa shape index (κ2) is 6.59. The molecule has 0 amide bonds. The van der Waals surface area contributed by atoms with E-state index in [-0.39, 0.29) is 11.3 Å². The predicted molar refractivity (Wildman–Crippen MR) is 94.3 cm³/mol. The van der Waals surface area contributed by atoms with Gasteiger partial charge in [0.15, 0.2) is 0 Å². The highest BCUT2D eigenvalue weighted by Crippen LogP contribution is 2.28. The Hall–Kier alpha value is -1.22. The van der Waals surface area contributed by atoms with Crippen LogP contribution < -0.4 is 4.72 Å². The Kier molecular flexibility index (Phi) is 4.46. The first-order valence-electron chi connectivity index (χ1n) is 8.37. The molecule has 4 rings (SSSR count). The lowest BCUT2D eigenvalue weighted by molar-refractivity contribution is 0.163. The highest BCUT2D eigenvalue weighted by atomic mass is 32.2. The predicted octanol–water partition coefficient (Wildman–Crippen LogP) is 1.97. The van der Waals surface area contributed by atoms with E-state index < -0.39 is 10.0 Å². The van der Waals surface area contributed by atoms with Crippen molar-refractivity contribution >= 4 is 21.4 Å². The molecule has 0 bridgehead atoms. The molecule has 0 spiro atoms. The van der Waals surface area contributed by atoms with Gasteiger partial charge in [-0.1, -0.05) is 6.07 Å². The zero-order chi connectivity index (χ0) is 16.6. The number of thiophene rings is 1. The largest absolute Gasteiger partial charge is 0.290 e. The van der Waals surface area contributed by atoms with Gasteiger partial charge < -0.3 is 0 Å². The lowest BCUT2D eigenvalue weighted by atomic mass is 10.1. The molecule has 2 aliphatic rings. The number of sulfonamides is 1. The maximum atomic E-state index is 12.0. The number of fused-ring (bicyclic) bond motifs is 1. The maximum absolute atomic E-state index is 12.0. The molecule has 8 heteroatoms. The molecule has 0 unspecified atom stereocenters. The van der Waals surface area contributed by atoms with Crippen molar-refractivity contribution in [3.63, 3.8) is 0 Å². The lowest BCUT2D eigenvalue weighted by Gasteiger charge is -2.33. The van der Waals surface area contributed by atoms with Crippen LogP contribution >= 0.6 is 11.3 Å². The third kappa shape index (κ3) is 3.56. The topological polar surface area (TPSA) is 67.2 Å². The van der Waals surface area contributed by atoms with Crippen molar-refractivity contribution in [2.45, 2.75) is 43.6 Å². The van der Waals surface area contributed by atoms with E-state index in [4.69, 9.17) is 0 Å². The van der Waals surface area contributed by atoms with Gasteiger partial charge in [-0.25, -0.2) is 13.1 Å². The van der Waals surface area contributed by atoms with Crippen molar-refractivity contribution in [1.29, 1.82) is 0 Å². The fourth-order valence-electron chi connectivity index (χ4n) is 3.29. The van der Waals surface area contributed by atoms with Crippen LogP contribution in [0.1, 0.15) is 35.9 Å². The number of hydrogen-bond donors (Lipinski definition) is 1. The van der Waals surface area contributed by atoms with E-state index in [9.17, 15) is 8.42 Å². The van der Waals surface area contributed by atoms with Gasteiger partial charge in [-0.3, -0.25) is 9.58 Å². The van der Waals surface area contributed by atoms with Gasteiger partial charge in [0.1, 0.15) is 0 Å². The molecular weight excluding hydrogens is 344 g/mol. The zero-order valence-corrected chi connectivity index (χ0v) is 15.1. The Labute approximate surface area is 146 Å². The van der Waals surface area contributed by atoms with Crippen LogP contribution in [0.2, 0.25) is 0 Å². The van der Waals surface area contributed by atoms with Crippen LogP contribution in [0.4, 0.5) is 0 Å². The van der Waals surface area contributed by atoms with Crippen LogP contribution in [0.5, 0.6) is 0 Å². The van der Waals surface area contributed by atoms with Crippen molar-refractivity contribution in [2.24, 2.45) is 0 Å². The first-order chi connectivity index (χ1) is 11.6. The average Bonchev–Trinajstić information content (AvgIpc) is 3.11. The molecule has 3 heterocycles. The average molecular weight is 367 g/mol. The lowest BCUT2D eigenvalue weighted by Crippen LogP contribution is -2.39. The van der Waals surface area contributed by atoms with E-state index in [2.05, 4.69) is 43.0 Å². The summed E-state index contributed by atoms with van der Waals surface area (Å²) in [6.45, 7) is 3.21. The molecule has 0 aromatic carbocycles. The van der Waals surface area contributed by atoms with Gasteiger partial charge in [0.2, 0.25) is 10.0 Å². The summed E-state index contributed by atoms with van der Waals surface area (Å²) in [4.78, 5) is 3.78. The molecule has 24 heavy (non-hydrogen) atoms.